The predicted molar refractivity (Wildman–Crippen MR) is 36.2 cm³/mol. The van der Waals surface area contributed by atoms with Crippen LogP contribution in [0.5, 0.6) is 0 Å². The van der Waals surface area contributed by atoms with Crippen LogP contribution in [0.1, 0.15) is 6.92 Å². The van der Waals surface area contributed by atoms with E-state index in [-0.39, 0.29) is 0 Å². The minimum atomic E-state index is -6.00. The maximum Gasteiger partial charge on any atom is 0.453 e. The molecule has 1 heterocycles. The van der Waals surface area contributed by atoms with E-state index < -0.39 is 29.6 Å². The van der Waals surface area contributed by atoms with Gasteiger partial charge in [-0.25, -0.2) is 0 Å². The van der Waals surface area contributed by atoms with Gasteiger partial charge in [-0.15, -0.1) is 0 Å². The average Bonchev–Trinajstić information content (AvgIpc) is 2.21. The number of ether oxygens (including phenoxy) is 2. The van der Waals surface area contributed by atoms with Crippen LogP contribution in [-0.2, 0) is 9.47 Å². The summed E-state index contributed by atoms with van der Waals surface area (Å²) >= 11 is 4.70. The summed E-state index contributed by atoms with van der Waals surface area (Å²) in [5.41, 5.74) is 0. The van der Waals surface area contributed by atoms with Crippen molar-refractivity contribution in [2.24, 2.45) is 0 Å². The molecule has 0 bridgehead atoms. The van der Waals surface area contributed by atoms with Gasteiger partial charge in [0.1, 0.15) is 6.10 Å². The molecule has 1 rings (SSSR count). The Morgan fingerprint density at radius 2 is 1.44 bits per heavy atom. The Morgan fingerprint density at radius 1 is 1.06 bits per heavy atom. The molecular weight excluding hydrogens is 273 g/mol. The molecule has 1 aliphatic rings. The summed E-state index contributed by atoms with van der Waals surface area (Å²) in [6.45, 7) is 0.590. The molecular formula is C6H4ClF7O2. The highest BCUT2D eigenvalue weighted by Gasteiger charge is 2.81. The van der Waals surface area contributed by atoms with Crippen molar-refractivity contribution in [3.63, 3.8) is 0 Å². The highest BCUT2D eigenvalue weighted by atomic mass is 35.5. The van der Waals surface area contributed by atoms with Gasteiger partial charge in [-0.2, -0.15) is 30.7 Å². The van der Waals surface area contributed by atoms with Crippen molar-refractivity contribution in [1.82, 2.24) is 0 Å². The molecule has 2 atom stereocenters. The van der Waals surface area contributed by atoms with E-state index in [1.807, 2.05) is 0 Å². The molecule has 96 valence electrons. The number of hydrogen-bond donors (Lipinski definition) is 0. The van der Waals surface area contributed by atoms with Crippen molar-refractivity contribution in [2.75, 3.05) is 0 Å². The Balaban J connectivity index is 3.22. The van der Waals surface area contributed by atoms with Gasteiger partial charge in [-0.05, 0) is 18.5 Å². The zero-order valence-corrected chi connectivity index (χ0v) is 8.17. The first kappa shape index (κ1) is 13.8. The van der Waals surface area contributed by atoms with Crippen LogP contribution in [0.15, 0.2) is 0 Å². The third kappa shape index (κ3) is 1.84. The average molecular weight is 277 g/mol. The molecule has 0 saturated carbocycles. The zero-order valence-electron chi connectivity index (χ0n) is 7.42. The molecule has 2 unspecified atom stereocenters. The molecule has 10 heteroatoms. The van der Waals surface area contributed by atoms with Gasteiger partial charge in [-0.1, -0.05) is 0 Å². The second kappa shape index (κ2) is 3.36. The minimum absolute atomic E-state index is 0.590. The molecule has 0 N–H and O–H groups in total. The second-order valence-electron chi connectivity index (χ2n) is 3.04. The van der Waals surface area contributed by atoms with E-state index in [9.17, 15) is 30.7 Å². The number of halogens is 8. The van der Waals surface area contributed by atoms with E-state index in [4.69, 9.17) is 11.6 Å². The first-order valence-electron chi connectivity index (χ1n) is 3.73. The third-order valence-electron chi connectivity index (χ3n) is 1.84. The lowest BCUT2D eigenvalue weighted by molar-refractivity contribution is -0.450. The molecule has 0 aromatic rings. The topological polar surface area (TPSA) is 18.5 Å². The summed E-state index contributed by atoms with van der Waals surface area (Å²) < 4.78 is 93.1. The molecule has 1 aliphatic heterocycles. The van der Waals surface area contributed by atoms with E-state index in [1.165, 1.54) is 0 Å². The molecule has 0 spiro atoms. The summed E-state index contributed by atoms with van der Waals surface area (Å²) in [6.07, 6.45) is -14.2. The van der Waals surface area contributed by atoms with E-state index >= 15 is 0 Å². The monoisotopic (exact) mass is 276 g/mol. The van der Waals surface area contributed by atoms with Gasteiger partial charge < -0.3 is 4.74 Å². The highest BCUT2D eigenvalue weighted by Crippen LogP contribution is 2.55. The summed E-state index contributed by atoms with van der Waals surface area (Å²) in [4.78, 5) is 0. The molecule has 0 amide bonds. The summed E-state index contributed by atoms with van der Waals surface area (Å²) in [6, 6.07) is 0. The Bertz CT molecular complexity index is 270. The highest BCUT2D eigenvalue weighted by molar-refractivity contribution is 6.22. The van der Waals surface area contributed by atoms with Crippen LogP contribution in [0, 0.1) is 0 Å². The molecule has 2 nitrogen and oxygen atoms in total. The van der Waals surface area contributed by atoms with Crippen LogP contribution in [-0.4, -0.2) is 29.6 Å². The molecule has 0 aromatic carbocycles. The molecule has 16 heavy (non-hydrogen) atoms. The van der Waals surface area contributed by atoms with Crippen LogP contribution < -0.4 is 0 Å². The molecule has 1 saturated heterocycles. The number of hydrogen-bond acceptors (Lipinski definition) is 2. The molecule has 1 fully saturated rings. The lowest BCUT2D eigenvalue weighted by atomic mass is 10.2. The van der Waals surface area contributed by atoms with Gasteiger partial charge in [0.05, 0.1) is 0 Å². The first-order chi connectivity index (χ1) is 6.83. The first-order valence-corrected chi connectivity index (χ1v) is 4.10. The van der Waals surface area contributed by atoms with Gasteiger partial charge in [0, 0.05) is 0 Å². The van der Waals surface area contributed by atoms with Crippen LogP contribution >= 0.6 is 11.6 Å². The van der Waals surface area contributed by atoms with E-state index in [0.717, 1.165) is 0 Å². The van der Waals surface area contributed by atoms with Crippen LogP contribution in [0.3, 0.4) is 0 Å². The fourth-order valence-corrected chi connectivity index (χ4v) is 1.18. The van der Waals surface area contributed by atoms with Gasteiger partial charge in [0.2, 0.25) is 0 Å². The van der Waals surface area contributed by atoms with E-state index in [2.05, 4.69) is 9.47 Å². The van der Waals surface area contributed by atoms with Gasteiger partial charge in [0.25, 0.3) is 0 Å². The van der Waals surface area contributed by atoms with Crippen molar-refractivity contribution in [3.8, 4) is 0 Å². The van der Waals surface area contributed by atoms with Crippen molar-refractivity contribution < 1.29 is 40.2 Å². The van der Waals surface area contributed by atoms with Crippen molar-refractivity contribution in [3.05, 3.63) is 0 Å². The predicted octanol–water partition coefficient (Wildman–Crippen LogP) is 3.10. The van der Waals surface area contributed by atoms with Gasteiger partial charge >= 0.3 is 23.5 Å². The maximum atomic E-state index is 13.0. The Hall–Kier alpha value is -0.280. The molecule has 0 aromatic heterocycles. The summed E-state index contributed by atoms with van der Waals surface area (Å²) in [5, 5.41) is -3.69. The zero-order chi connectivity index (χ0) is 13.0. The molecule has 0 aliphatic carbocycles. The second-order valence-corrected chi connectivity index (χ2v) is 3.55. The number of rotatable bonds is 0. The standard InChI is InChI=1S/C6H4ClF7O2/c1-2-3(7,8)16-4(15-2,5(9,10)11)6(12,13)14/h2H,1H3. The quantitative estimate of drug-likeness (QED) is 0.500. The Kier molecular flexibility index (Phi) is 2.89. The van der Waals surface area contributed by atoms with Gasteiger partial charge in [0.15, 0.2) is 0 Å². The number of alkyl halides is 8. The van der Waals surface area contributed by atoms with Crippen molar-refractivity contribution >= 4 is 11.6 Å². The lowest BCUT2D eigenvalue weighted by Crippen LogP contribution is -2.58. The largest absolute Gasteiger partial charge is 0.453 e. The minimum Gasteiger partial charge on any atom is -0.325 e. The van der Waals surface area contributed by atoms with Crippen LogP contribution in [0.4, 0.5) is 30.7 Å². The summed E-state index contributed by atoms with van der Waals surface area (Å²) in [5.74, 6) is -5.03. The van der Waals surface area contributed by atoms with Crippen LogP contribution in [0.2, 0.25) is 0 Å². The Labute approximate surface area is 89.2 Å². The third-order valence-corrected chi connectivity index (χ3v) is 2.23. The van der Waals surface area contributed by atoms with E-state index in [0.29, 0.717) is 6.92 Å². The lowest BCUT2D eigenvalue weighted by Gasteiger charge is -2.31. The smallest absolute Gasteiger partial charge is 0.325 e. The summed E-state index contributed by atoms with van der Waals surface area (Å²) in [7, 11) is 0. The molecule has 0 radical (unpaired) electrons. The van der Waals surface area contributed by atoms with Crippen molar-refractivity contribution in [2.45, 2.75) is 36.5 Å². The van der Waals surface area contributed by atoms with E-state index in [1.54, 1.807) is 0 Å². The SMILES string of the molecule is CC1OC(C(F)(F)F)(C(F)(F)F)OC1(F)Cl. The maximum absolute atomic E-state index is 13.0. The van der Waals surface area contributed by atoms with Crippen molar-refractivity contribution in [1.29, 1.82) is 0 Å². The fraction of sp³-hybridized carbons (Fsp3) is 1.00. The van der Waals surface area contributed by atoms with Gasteiger partial charge in [-0.3, -0.25) is 4.74 Å². The normalized spacial score (nSPS) is 35.4. The fourth-order valence-electron chi connectivity index (χ4n) is 1.03. The Morgan fingerprint density at radius 3 is 1.56 bits per heavy atom. The van der Waals surface area contributed by atoms with Crippen LogP contribution in [0.25, 0.3) is 0 Å².